The molecule has 1 aliphatic carbocycles. The third-order valence-electron chi connectivity index (χ3n) is 5.07. The largest absolute Gasteiger partial charge is 0.480 e. The molecule has 0 bridgehead atoms. The van der Waals surface area contributed by atoms with E-state index in [4.69, 9.17) is 0 Å². The topological polar surface area (TPSA) is 119 Å². The van der Waals surface area contributed by atoms with Crippen LogP contribution in [0.2, 0.25) is 0 Å². The van der Waals surface area contributed by atoms with Crippen molar-refractivity contribution in [2.45, 2.75) is 57.7 Å². The smallest absolute Gasteiger partial charge is 0.326 e. The highest BCUT2D eigenvalue weighted by molar-refractivity contribution is 5.98. The number of nitrogens with zero attached hydrogens (tertiary/aromatic N) is 4. The van der Waals surface area contributed by atoms with Crippen molar-refractivity contribution in [3.8, 4) is 0 Å². The van der Waals surface area contributed by atoms with E-state index in [0.29, 0.717) is 13.0 Å². The summed E-state index contributed by atoms with van der Waals surface area (Å²) in [5.41, 5.74) is -0.635. The molecular weight excluding hydrogens is 316 g/mol. The SMILES string of the molecule is CCn1cc([N+](=O)[O-])c(C(=O)N2C(C(=O)O)CC3CCCCC32)n1. The van der Waals surface area contributed by atoms with Crippen LogP contribution in [0.4, 0.5) is 5.69 Å². The van der Waals surface area contributed by atoms with Crippen LogP contribution < -0.4 is 0 Å². The zero-order valence-corrected chi connectivity index (χ0v) is 13.4. The minimum Gasteiger partial charge on any atom is -0.480 e. The molecule has 0 spiro atoms. The van der Waals surface area contributed by atoms with Gasteiger partial charge >= 0.3 is 11.7 Å². The number of carboxylic acid groups (broad SMARTS) is 1. The van der Waals surface area contributed by atoms with Gasteiger partial charge in [-0.15, -0.1) is 0 Å². The van der Waals surface area contributed by atoms with Gasteiger partial charge in [0.05, 0.1) is 4.92 Å². The van der Waals surface area contributed by atoms with Gasteiger partial charge in [0.25, 0.3) is 5.91 Å². The van der Waals surface area contributed by atoms with Crippen molar-refractivity contribution >= 4 is 17.6 Å². The Morgan fingerprint density at radius 1 is 1.42 bits per heavy atom. The first-order chi connectivity index (χ1) is 11.4. The summed E-state index contributed by atoms with van der Waals surface area (Å²) in [4.78, 5) is 36.5. The fourth-order valence-corrected chi connectivity index (χ4v) is 3.95. The fraction of sp³-hybridized carbons (Fsp3) is 0.667. The first kappa shape index (κ1) is 16.4. The van der Waals surface area contributed by atoms with Crippen molar-refractivity contribution in [1.82, 2.24) is 14.7 Å². The maximum Gasteiger partial charge on any atom is 0.326 e. The molecule has 1 saturated heterocycles. The van der Waals surface area contributed by atoms with Crippen LogP contribution in [0.15, 0.2) is 6.20 Å². The molecule has 0 aromatic carbocycles. The van der Waals surface area contributed by atoms with Crippen molar-refractivity contribution in [2.75, 3.05) is 0 Å². The Hall–Kier alpha value is -2.45. The number of hydrogen-bond donors (Lipinski definition) is 1. The maximum atomic E-state index is 13.0. The lowest BCUT2D eigenvalue weighted by molar-refractivity contribution is -0.385. The van der Waals surface area contributed by atoms with Crippen LogP contribution in [0.3, 0.4) is 0 Å². The Balaban J connectivity index is 1.99. The first-order valence-electron chi connectivity index (χ1n) is 8.21. The van der Waals surface area contributed by atoms with Crippen molar-refractivity contribution in [1.29, 1.82) is 0 Å². The van der Waals surface area contributed by atoms with E-state index in [1.165, 1.54) is 15.8 Å². The van der Waals surface area contributed by atoms with E-state index >= 15 is 0 Å². The van der Waals surface area contributed by atoms with Gasteiger partial charge in [0.2, 0.25) is 5.69 Å². The molecule has 0 radical (unpaired) electrons. The molecule has 24 heavy (non-hydrogen) atoms. The van der Waals surface area contributed by atoms with Crippen LogP contribution in [0.1, 0.15) is 49.5 Å². The second-order valence-corrected chi connectivity index (χ2v) is 6.39. The summed E-state index contributed by atoms with van der Waals surface area (Å²) in [6.07, 6.45) is 5.22. The highest BCUT2D eigenvalue weighted by atomic mass is 16.6. The van der Waals surface area contributed by atoms with E-state index in [0.717, 1.165) is 25.7 Å². The Labute approximate surface area is 138 Å². The fourth-order valence-electron chi connectivity index (χ4n) is 3.95. The number of likely N-dealkylation sites (tertiary alicyclic amines) is 1. The number of aliphatic carboxylic acids is 1. The number of hydrogen-bond acceptors (Lipinski definition) is 5. The van der Waals surface area contributed by atoms with Gasteiger partial charge in [0.15, 0.2) is 0 Å². The summed E-state index contributed by atoms with van der Waals surface area (Å²) < 4.78 is 1.33. The molecule has 2 aliphatic rings. The quantitative estimate of drug-likeness (QED) is 0.660. The third-order valence-corrected chi connectivity index (χ3v) is 5.07. The number of fused-ring (bicyclic) bond motifs is 1. The Morgan fingerprint density at radius 2 is 2.12 bits per heavy atom. The normalized spacial score (nSPS) is 26.2. The Kier molecular flexibility index (Phi) is 4.25. The minimum absolute atomic E-state index is 0.149. The molecule has 1 aromatic heterocycles. The zero-order chi connectivity index (χ0) is 17.4. The molecule has 3 rings (SSSR count). The van der Waals surface area contributed by atoms with E-state index in [-0.39, 0.29) is 23.3 Å². The van der Waals surface area contributed by atoms with Crippen LogP contribution in [-0.2, 0) is 11.3 Å². The number of aryl methyl sites for hydroxylation is 1. The highest BCUT2D eigenvalue weighted by Crippen LogP contribution is 2.41. The predicted octanol–water partition coefficient (Wildman–Crippen LogP) is 1.67. The van der Waals surface area contributed by atoms with E-state index in [1.807, 2.05) is 0 Å². The molecule has 130 valence electrons. The van der Waals surface area contributed by atoms with Gasteiger partial charge in [-0.1, -0.05) is 12.8 Å². The standard InChI is InChI=1S/C15H20N4O5/c1-2-17-8-12(19(23)24)13(16-17)14(20)18-10-6-4-3-5-9(10)7-11(18)15(21)22/h8-11H,2-7H2,1H3,(H,21,22). The molecule has 3 unspecified atom stereocenters. The number of carbonyl (C=O) groups is 2. The van der Waals surface area contributed by atoms with Crippen molar-refractivity contribution in [3.05, 3.63) is 22.0 Å². The van der Waals surface area contributed by atoms with Crippen LogP contribution in [0.25, 0.3) is 0 Å². The molecule has 9 heteroatoms. The van der Waals surface area contributed by atoms with E-state index in [9.17, 15) is 24.8 Å². The summed E-state index contributed by atoms with van der Waals surface area (Å²) >= 11 is 0. The average Bonchev–Trinajstić information content (AvgIpc) is 3.16. The van der Waals surface area contributed by atoms with Gasteiger partial charge in [-0.2, -0.15) is 5.10 Å². The molecule has 3 atom stereocenters. The number of nitro groups is 1. The molecule has 9 nitrogen and oxygen atoms in total. The van der Waals surface area contributed by atoms with Crippen molar-refractivity contribution in [3.63, 3.8) is 0 Å². The van der Waals surface area contributed by atoms with Crippen molar-refractivity contribution < 1.29 is 19.6 Å². The van der Waals surface area contributed by atoms with E-state index in [2.05, 4.69) is 5.10 Å². The van der Waals surface area contributed by atoms with E-state index < -0.39 is 22.8 Å². The highest BCUT2D eigenvalue weighted by Gasteiger charge is 2.49. The van der Waals surface area contributed by atoms with Gasteiger partial charge in [-0.3, -0.25) is 19.6 Å². The van der Waals surface area contributed by atoms with Crippen LogP contribution in [-0.4, -0.2) is 48.7 Å². The summed E-state index contributed by atoms with van der Waals surface area (Å²) in [6.45, 7) is 2.15. The lowest BCUT2D eigenvalue weighted by atomic mass is 9.84. The first-order valence-corrected chi connectivity index (χ1v) is 8.21. The lowest BCUT2D eigenvalue weighted by Gasteiger charge is -2.32. The van der Waals surface area contributed by atoms with Gasteiger partial charge in [0.1, 0.15) is 12.2 Å². The second-order valence-electron chi connectivity index (χ2n) is 6.39. The Morgan fingerprint density at radius 3 is 2.75 bits per heavy atom. The summed E-state index contributed by atoms with van der Waals surface area (Å²) in [7, 11) is 0. The Bertz CT molecular complexity index is 685. The molecular formula is C15H20N4O5. The third kappa shape index (κ3) is 2.63. The predicted molar refractivity (Wildman–Crippen MR) is 82.5 cm³/mol. The monoisotopic (exact) mass is 336 g/mol. The molecule has 2 heterocycles. The molecule has 1 N–H and O–H groups in total. The van der Waals surface area contributed by atoms with Gasteiger partial charge in [-0.05, 0) is 32.1 Å². The van der Waals surface area contributed by atoms with Crippen LogP contribution in [0, 0.1) is 16.0 Å². The number of amides is 1. The second kappa shape index (κ2) is 6.21. The minimum atomic E-state index is -1.06. The zero-order valence-electron chi connectivity index (χ0n) is 13.4. The van der Waals surface area contributed by atoms with E-state index in [1.54, 1.807) is 6.92 Å². The number of aromatic nitrogens is 2. The summed E-state index contributed by atoms with van der Waals surface area (Å²) in [5, 5.41) is 24.8. The number of rotatable bonds is 4. The number of carbonyl (C=O) groups excluding carboxylic acids is 1. The molecule has 1 aliphatic heterocycles. The van der Waals surface area contributed by atoms with Gasteiger partial charge in [-0.25, -0.2) is 4.79 Å². The molecule has 1 saturated carbocycles. The molecule has 1 amide bonds. The molecule has 1 aromatic rings. The molecule has 2 fully saturated rings. The van der Waals surface area contributed by atoms with Gasteiger partial charge in [0, 0.05) is 12.6 Å². The lowest BCUT2D eigenvalue weighted by Crippen LogP contribution is -2.46. The van der Waals surface area contributed by atoms with Gasteiger partial charge < -0.3 is 10.0 Å². The van der Waals surface area contributed by atoms with Crippen molar-refractivity contribution in [2.24, 2.45) is 5.92 Å². The number of carboxylic acids is 1. The van der Waals surface area contributed by atoms with Crippen LogP contribution in [0.5, 0.6) is 0 Å². The van der Waals surface area contributed by atoms with Crippen LogP contribution >= 0.6 is 0 Å². The summed E-state index contributed by atoms with van der Waals surface area (Å²) in [6, 6.07) is -1.10. The summed E-state index contributed by atoms with van der Waals surface area (Å²) in [5.74, 6) is -1.55. The maximum absolute atomic E-state index is 13.0. The average molecular weight is 336 g/mol.